The molecule has 5 nitrogen and oxygen atoms in total. The molecule has 2 rings (SSSR count). The minimum Gasteiger partial charge on any atom is -0.361 e. The third kappa shape index (κ3) is 4.58. The first kappa shape index (κ1) is 17.1. The first-order valence-electron chi connectivity index (χ1n) is 8.16. The molecule has 23 heavy (non-hydrogen) atoms. The summed E-state index contributed by atoms with van der Waals surface area (Å²) in [6, 6.07) is 7.43. The van der Waals surface area contributed by atoms with E-state index in [1.54, 1.807) is 0 Å². The van der Waals surface area contributed by atoms with Crippen LogP contribution in [0, 0.1) is 0 Å². The second-order valence-electron chi connectivity index (χ2n) is 6.10. The predicted octanol–water partition coefficient (Wildman–Crippen LogP) is 2.52. The average Bonchev–Trinajstić information content (AvgIpc) is 2.89. The minimum atomic E-state index is -0.560. The monoisotopic (exact) mass is 315 g/mol. The van der Waals surface area contributed by atoms with E-state index < -0.39 is 6.04 Å². The highest BCUT2D eigenvalue weighted by Gasteiger charge is 2.22. The van der Waals surface area contributed by atoms with Crippen molar-refractivity contribution in [1.29, 1.82) is 0 Å². The van der Waals surface area contributed by atoms with Crippen molar-refractivity contribution in [3.05, 3.63) is 36.0 Å². The zero-order valence-corrected chi connectivity index (χ0v) is 14.0. The van der Waals surface area contributed by atoms with Crippen LogP contribution in [0.15, 0.2) is 30.5 Å². The fourth-order valence-electron chi connectivity index (χ4n) is 2.61. The Morgan fingerprint density at radius 3 is 2.61 bits per heavy atom. The van der Waals surface area contributed by atoms with Gasteiger partial charge in [-0.05, 0) is 31.9 Å². The number of hydrogen-bond acceptors (Lipinski definition) is 2. The molecule has 0 spiro atoms. The number of H-pyrrole nitrogens is 1. The molecule has 2 aromatic rings. The van der Waals surface area contributed by atoms with E-state index in [1.165, 1.54) is 0 Å². The van der Waals surface area contributed by atoms with Gasteiger partial charge in [0.15, 0.2) is 0 Å². The van der Waals surface area contributed by atoms with E-state index in [9.17, 15) is 9.59 Å². The number of nitrogens with one attached hydrogen (secondary N) is 3. The topological polar surface area (TPSA) is 74.0 Å². The van der Waals surface area contributed by atoms with Gasteiger partial charge in [-0.3, -0.25) is 9.59 Å². The molecule has 0 saturated heterocycles. The number of hydrogen-bond donors (Lipinski definition) is 3. The second kappa shape index (κ2) is 7.81. The molecule has 0 bridgehead atoms. The average molecular weight is 315 g/mol. The Bertz CT molecular complexity index is 676. The normalized spacial score (nSPS) is 12.3. The van der Waals surface area contributed by atoms with Crippen molar-refractivity contribution in [2.75, 3.05) is 0 Å². The smallest absolute Gasteiger partial charge is 0.243 e. The van der Waals surface area contributed by atoms with Crippen LogP contribution in [0.25, 0.3) is 10.9 Å². The van der Waals surface area contributed by atoms with Crippen LogP contribution < -0.4 is 10.6 Å². The highest BCUT2D eigenvalue weighted by atomic mass is 16.2. The molecule has 0 fully saturated rings. The van der Waals surface area contributed by atoms with Crippen LogP contribution >= 0.6 is 0 Å². The van der Waals surface area contributed by atoms with E-state index >= 15 is 0 Å². The summed E-state index contributed by atoms with van der Waals surface area (Å²) in [5.74, 6) is -0.231. The Morgan fingerprint density at radius 1 is 1.17 bits per heavy atom. The van der Waals surface area contributed by atoms with Gasteiger partial charge in [-0.1, -0.05) is 25.1 Å². The zero-order valence-electron chi connectivity index (χ0n) is 14.0. The van der Waals surface area contributed by atoms with E-state index in [0.29, 0.717) is 12.8 Å². The quantitative estimate of drug-likeness (QED) is 0.734. The fourth-order valence-corrected chi connectivity index (χ4v) is 2.61. The highest BCUT2D eigenvalue weighted by Crippen LogP contribution is 2.19. The maximum Gasteiger partial charge on any atom is 0.243 e. The number of aromatic nitrogens is 1. The molecule has 1 atom stereocenters. The second-order valence-corrected chi connectivity index (χ2v) is 6.10. The lowest BCUT2D eigenvalue weighted by Gasteiger charge is -2.19. The molecule has 0 saturated carbocycles. The summed E-state index contributed by atoms with van der Waals surface area (Å²) >= 11 is 0. The van der Waals surface area contributed by atoms with Gasteiger partial charge in [0.2, 0.25) is 11.8 Å². The molecule has 0 aliphatic rings. The van der Waals surface area contributed by atoms with Gasteiger partial charge in [0.25, 0.3) is 0 Å². The molecule has 0 unspecified atom stereocenters. The van der Waals surface area contributed by atoms with Gasteiger partial charge in [-0.25, -0.2) is 0 Å². The maximum atomic E-state index is 12.4. The molecule has 2 amide bonds. The van der Waals surface area contributed by atoms with Gasteiger partial charge in [0, 0.05) is 36.0 Å². The van der Waals surface area contributed by atoms with E-state index in [2.05, 4.69) is 15.6 Å². The molecule has 1 heterocycles. The van der Waals surface area contributed by atoms with Crippen LogP contribution in [0.2, 0.25) is 0 Å². The molecule has 124 valence electrons. The van der Waals surface area contributed by atoms with Crippen LogP contribution in [0.5, 0.6) is 0 Å². The number of aromatic amines is 1. The van der Waals surface area contributed by atoms with Crippen molar-refractivity contribution in [1.82, 2.24) is 15.6 Å². The van der Waals surface area contributed by atoms with Crippen LogP contribution in [-0.4, -0.2) is 28.9 Å². The van der Waals surface area contributed by atoms with Gasteiger partial charge < -0.3 is 15.6 Å². The van der Waals surface area contributed by atoms with Gasteiger partial charge in [-0.2, -0.15) is 0 Å². The third-order valence-electron chi connectivity index (χ3n) is 3.66. The van der Waals surface area contributed by atoms with Crippen LogP contribution in [0.4, 0.5) is 0 Å². The number of benzene rings is 1. The molecular weight excluding hydrogens is 290 g/mol. The summed E-state index contributed by atoms with van der Waals surface area (Å²) in [4.78, 5) is 27.6. The lowest BCUT2D eigenvalue weighted by molar-refractivity contribution is -0.129. The molecule has 0 aliphatic carbocycles. The number of para-hydroxylation sites is 1. The first-order valence-corrected chi connectivity index (χ1v) is 8.16. The highest BCUT2D eigenvalue weighted by molar-refractivity contribution is 5.89. The van der Waals surface area contributed by atoms with E-state index in [1.807, 2.05) is 51.2 Å². The molecule has 5 heteroatoms. The third-order valence-corrected chi connectivity index (χ3v) is 3.66. The van der Waals surface area contributed by atoms with Crippen LogP contribution in [-0.2, 0) is 16.0 Å². The molecule has 1 aromatic carbocycles. The van der Waals surface area contributed by atoms with E-state index in [4.69, 9.17) is 0 Å². The van der Waals surface area contributed by atoms with Crippen molar-refractivity contribution in [2.45, 2.75) is 52.1 Å². The van der Waals surface area contributed by atoms with Crippen molar-refractivity contribution in [2.24, 2.45) is 0 Å². The molecule has 1 aromatic heterocycles. The summed E-state index contributed by atoms with van der Waals surface area (Å²) < 4.78 is 0. The standard InChI is InChI=1S/C18H25N3O2/c1-4-7-17(22)21-16(18(23)20-12(2)3)10-13-11-19-15-9-6-5-8-14(13)15/h5-6,8-9,11-12,16,19H,4,7,10H2,1-3H3,(H,20,23)(H,21,22)/t16-/m1/s1. The van der Waals surface area contributed by atoms with Gasteiger partial charge in [-0.15, -0.1) is 0 Å². The number of rotatable bonds is 7. The van der Waals surface area contributed by atoms with Crippen molar-refractivity contribution in [3.63, 3.8) is 0 Å². The lowest BCUT2D eigenvalue weighted by atomic mass is 10.0. The van der Waals surface area contributed by atoms with Gasteiger partial charge in [0.05, 0.1) is 0 Å². The minimum absolute atomic E-state index is 0.0380. The van der Waals surface area contributed by atoms with E-state index in [-0.39, 0.29) is 17.9 Å². The summed E-state index contributed by atoms with van der Waals surface area (Å²) in [6.45, 7) is 5.77. The van der Waals surface area contributed by atoms with Gasteiger partial charge in [0.1, 0.15) is 6.04 Å². The Balaban J connectivity index is 2.19. The summed E-state index contributed by atoms with van der Waals surface area (Å²) in [5, 5.41) is 6.83. The maximum absolute atomic E-state index is 12.4. The summed E-state index contributed by atoms with van der Waals surface area (Å²) in [6.07, 6.45) is 3.57. The van der Waals surface area contributed by atoms with Crippen LogP contribution in [0.3, 0.4) is 0 Å². The largest absolute Gasteiger partial charge is 0.361 e. The molecule has 0 radical (unpaired) electrons. The number of fused-ring (bicyclic) bond motifs is 1. The predicted molar refractivity (Wildman–Crippen MR) is 92.1 cm³/mol. The van der Waals surface area contributed by atoms with E-state index in [0.717, 1.165) is 22.9 Å². The Morgan fingerprint density at radius 2 is 1.91 bits per heavy atom. The Labute approximate surface area is 136 Å². The Kier molecular flexibility index (Phi) is 5.79. The lowest BCUT2D eigenvalue weighted by Crippen LogP contribution is -2.49. The summed E-state index contributed by atoms with van der Waals surface area (Å²) in [7, 11) is 0. The number of carbonyl (C=O) groups excluding carboxylic acids is 2. The van der Waals surface area contributed by atoms with Crippen molar-refractivity contribution >= 4 is 22.7 Å². The number of carbonyl (C=O) groups is 2. The van der Waals surface area contributed by atoms with Crippen LogP contribution in [0.1, 0.15) is 39.2 Å². The number of amides is 2. The molecular formula is C18H25N3O2. The first-order chi connectivity index (χ1) is 11.0. The van der Waals surface area contributed by atoms with Crippen molar-refractivity contribution < 1.29 is 9.59 Å². The zero-order chi connectivity index (χ0) is 16.8. The fraction of sp³-hybridized carbons (Fsp3) is 0.444. The van der Waals surface area contributed by atoms with Crippen molar-refractivity contribution in [3.8, 4) is 0 Å². The SMILES string of the molecule is CCCC(=O)N[C@H](Cc1c[nH]c2ccccc12)C(=O)NC(C)C. The summed E-state index contributed by atoms with van der Waals surface area (Å²) in [5.41, 5.74) is 2.06. The Hall–Kier alpha value is -2.30. The molecule has 3 N–H and O–H groups in total. The van der Waals surface area contributed by atoms with Gasteiger partial charge >= 0.3 is 0 Å². The molecule has 0 aliphatic heterocycles.